The molecular formula is C8H8FN3. The molecule has 4 heteroatoms. The first kappa shape index (κ1) is 7.09. The molecule has 0 fully saturated rings. The Hall–Kier alpha value is -1.58. The standard InChI is InChI=1S/C8H8FN3/c1-5-3-7-8(11-4-10-7)6(2)12(5)9/h3-4H,2H2,1H3,(H,10,11). The van der Waals surface area contributed by atoms with Gasteiger partial charge in [-0.2, -0.15) is 5.12 Å². The molecule has 62 valence electrons. The molecule has 1 N–H and O–H groups in total. The second-order valence-corrected chi connectivity index (χ2v) is 2.68. The molecule has 2 heterocycles. The summed E-state index contributed by atoms with van der Waals surface area (Å²) < 4.78 is 13.1. The summed E-state index contributed by atoms with van der Waals surface area (Å²) in [4.78, 5) is 6.84. The minimum Gasteiger partial charge on any atom is -0.344 e. The predicted molar refractivity (Wildman–Crippen MR) is 44.2 cm³/mol. The zero-order valence-corrected chi connectivity index (χ0v) is 6.63. The Morgan fingerprint density at radius 3 is 3.17 bits per heavy atom. The van der Waals surface area contributed by atoms with Crippen molar-refractivity contribution in [3.05, 3.63) is 30.0 Å². The first-order valence-corrected chi connectivity index (χ1v) is 3.57. The molecule has 0 atom stereocenters. The van der Waals surface area contributed by atoms with Crippen molar-refractivity contribution >= 4 is 11.8 Å². The lowest BCUT2D eigenvalue weighted by molar-refractivity contribution is 0.155. The average Bonchev–Trinajstić information content (AvgIpc) is 2.48. The second kappa shape index (κ2) is 2.20. The van der Waals surface area contributed by atoms with E-state index in [2.05, 4.69) is 16.5 Å². The molecule has 1 aromatic rings. The van der Waals surface area contributed by atoms with E-state index >= 15 is 0 Å². The fourth-order valence-electron chi connectivity index (χ4n) is 1.22. The fraction of sp³-hybridized carbons (Fsp3) is 0.125. The van der Waals surface area contributed by atoms with Crippen molar-refractivity contribution in [3.8, 4) is 0 Å². The van der Waals surface area contributed by atoms with Crippen LogP contribution < -0.4 is 0 Å². The van der Waals surface area contributed by atoms with Crippen LogP contribution in [0.15, 0.2) is 18.6 Å². The highest BCUT2D eigenvalue weighted by molar-refractivity contribution is 5.73. The summed E-state index contributed by atoms with van der Waals surface area (Å²) in [5.41, 5.74) is 2.18. The van der Waals surface area contributed by atoms with E-state index in [1.165, 1.54) is 6.33 Å². The normalized spacial score (nSPS) is 16.0. The van der Waals surface area contributed by atoms with Crippen molar-refractivity contribution in [3.63, 3.8) is 0 Å². The van der Waals surface area contributed by atoms with Crippen LogP contribution >= 0.6 is 0 Å². The zero-order chi connectivity index (χ0) is 8.72. The largest absolute Gasteiger partial charge is 0.344 e. The number of nitrogens with zero attached hydrogens (tertiary/aromatic N) is 2. The van der Waals surface area contributed by atoms with Gasteiger partial charge in [-0.15, -0.1) is 0 Å². The van der Waals surface area contributed by atoms with Crippen LogP contribution in [0.5, 0.6) is 0 Å². The number of rotatable bonds is 0. The topological polar surface area (TPSA) is 31.9 Å². The van der Waals surface area contributed by atoms with Gasteiger partial charge in [0.05, 0.1) is 23.4 Å². The van der Waals surface area contributed by atoms with Gasteiger partial charge in [0.1, 0.15) is 5.69 Å². The minimum absolute atomic E-state index is 0.284. The Kier molecular flexibility index (Phi) is 1.30. The van der Waals surface area contributed by atoms with Crippen LogP contribution in [0.2, 0.25) is 0 Å². The van der Waals surface area contributed by atoms with E-state index in [0.717, 1.165) is 5.69 Å². The maximum Gasteiger partial charge on any atom is 0.114 e. The summed E-state index contributed by atoms with van der Waals surface area (Å²) in [5, 5.41) is 0.531. The van der Waals surface area contributed by atoms with Crippen LogP contribution in [0.4, 0.5) is 4.48 Å². The van der Waals surface area contributed by atoms with Gasteiger partial charge in [0.15, 0.2) is 0 Å². The number of H-pyrrole nitrogens is 1. The number of hydrogen-bond donors (Lipinski definition) is 1. The molecule has 0 bridgehead atoms. The molecule has 1 aromatic heterocycles. The van der Waals surface area contributed by atoms with Gasteiger partial charge in [-0.25, -0.2) is 4.98 Å². The van der Waals surface area contributed by atoms with Crippen molar-refractivity contribution in [1.82, 2.24) is 15.1 Å². The van der Waals surface area contributed by atoms with Crippen LogP contribution in [0.3, 0.4) is 0 Å². The van der Waals surface area contributed by atoms with Crippen molar-refractivity contribution in [2.75, 3.05) is 0 Å². The quantitative estimate of drug-likeness (QED) is 0.596. The van der Waals surface area contributed by atoms with Crippen LogP contribution in [-0.4, -0.2) is 15.1 Å². The summed E-state index contributed by atoms with van der Waals surface area (Å²) in [6, 6.07) is 0. The lowest BCUT2D eigenvalue weighted by atomic mass is 10.1. The van der Waals surface area contributed by atoms with E-state index in [4.69, 9.17) is 0 Å². The number of imidazole rings is 1. The highest BCUT2D eigenvalue weighted by atomic mass is 19.2. The number of allylic oxidation sites excluding steroid dienone is 1. The molecule has 12 heavy (non-hydrogen) atoms. The summed E-state index contributed by atoms with van der Waals surface area (Å²) in [6.45, 7) is 5.26. The lowest BCUT2D eigenvalue weighted by Crippen LogP contribution is -2.13. The van der Waals surface area contributed by atoms with E-state index < -0.39 is 0 Å². The molecule has 0 aliphatic carbocycles. The monoisotopic (exact) mass is 165 g/mol. The van der Waals surface area contributed by atoms with Gasteiger partial charge in [-0.1, -0.05) is 11.1 Å². The maximum atomic E-state index is 13.1. The molecule has 0 spiro atoms. The van der Waals surface area contributed by atoms with Gasteiger partial charge in [0, 0.05) is 0 Å². The van der Waals surface area contributed by atoms with Crippen molar-refractivity contribution in [2.24, 2.45) is 0 Å². The third-order valence-corrected chi connectivity index (χ3v) is 1.84. The fourth-order valence-corrected chi connectivity index (χ4v) is 1.22. The molecule has 0 saturated carbocycles. The van der Waals surface area contributed by atoms with Crippen LogP contribution in [0.25, 0.3) is 11.8 Å². The molecule has 1 aliphatic heterocycles. The maximum absolute atomic E-state index is 13.1. The van der Waals surface area contributed by atoms with E-state index in [9.17, 15) is 4.48 Å². The molecule has 2 rings (SSSR count). The number of halogens is 1. The van der Waals surface area contributed by atoms with Gasteiger partial charge in [-0.05, 0) is 13.0 Å². The highest BCUT2D eigenvalue weighted by Crippen LogP contribution is 2.29. The third-order valence-electron chi connectivity index (χ3n) is 1.84. The molecule has 0 radical (unpaired) electrons. The lowest BCUT2D eigenvalue weighted by Gasteiger charge is -2.19. The molecular weight excluding hydrogens is 157 g/mol. The summed E-state index contributed by atoms with van der Waals surface area (Å²) in [6.07, 6.45) is 3.22. The van der Waals surface area contributed by atoms with Crippen LogP contribution in [0.1, 0.15) is 18.3 Å². The first-order valence-electron chi connectivity index (χ1n) is 3.57. The number of aromatic nitrogens is 2. The van der Waals surface area contributed by atoms with E-state index in [1.54, 1.807) is 13.0 Å². The van der Waals surface area contributed by atoms with Gasteiger partial charge >= 0.3 is 0 Å². The Labute approximate surface area is 69.2 Å². The Morgan fingerprint density at radius 1 is 1.67 bits per heavy atom. The Morgan fingerprint density at radius 2 is 2.42 bits per heavy atom. The van der Waals surface area contributed by atoms with Gasteiger partial charge in [0.2, 0.25) is 0 Å². The van der Waals surface area contributed by atoms with Crippen LogP contribution in [-0.2, 0) is 0 Å². The summed E-state index contributed by atoms with van der Waals surface area (Å²) in [5.74, 6) is 0. The van der Waals surface area contributed by atoms with Gasteiger partial charge in [0.25, 0.3) is 0 Å². The highest BCUT2D eigenvalue weighted by Gasteiger charge is 2.20. The average molecular weight is 165 g/mol. The number of nitrogens with one attached hydrogen (secondary N) is 1. The third kappa shape index (κ3) is 0.777. The van der Waals surface area contributed by atoms with Crippen LogP contribution in [0, 0.1) is 0 Å². The van der Waals surface area contributed by atoms with Crippen molar-refractivity contribution in [1.29, 1.82) is 0 Å². The van der Waals surface area contributed by atoms with E-state index in [0.29, 0.717) is 16.5 Å². The Balaban J connectivity index is 2.60. The number of aromatic amines is 1. The van der Waals surface area contributed by atoms with E-state index in [-0.39, 0.29) is 5.70 Å². The SMILES string of the molecule is C=C1c2nc[nH]c2C=C(C)N1F. The van der Waals surface area contributed by atoms with Gasteiger partial charge in [-0.3, -0.25) is 0 Å². The second-order valence-electron chi connectivity index (χ2n) is 2.68. The summed E-state index contributed by atoms with van der Waals surface area (Å²) >= 11 is 0. The molecule has 0 unspecified atom stereocenters. The molecule has 0 amide bonds. The first-order chi connectivity index (χ1) is 5.70. The zero-order valence-electron chi connectivity index (χ0n) is 6.63. The van der Waals surface area contributed by atoms with Crippen molar-refractivity contribution < 1.29 is 4.48 Å². The molecule has 0 saturated heterocycles. The molecule has 1 aliphatic rings. The van der Waals surface area contributed by atoms with Gasteiger partial charge < -0.3 is 4.98 Å². The minimum atomic E-state index is 0.284. The molecule has 3 nitrogen and oxygen atoms in total. The summed E-state index contributed by atoms with van der Waals surface area (Å²) in [7, 11) is 0. The Bertz CT molecular complexity index is 364. The predicted octanol–water partition coefficient (Wildman–Crippen LogP) is 1.94. The van der Waals surface area contributed by atoms with E-state index in [1.807, 2.05) is 0 Å². The smallest absolute Gasteiger partial charge is 0.114 e. The molecule has 0 aromatic carbocycles. The number of fused-ring (bicyclic) bond motifs is 1. The van der Waals surface area contributed by atoms with Crippen molar-refractivity contribution in [2.45, 2.75) is 6.92 Å². The number of hydrogen-bond acceptors (Lipinski definition) is 2.